The molecule has 6 nitrogen and oxygen atoms in total. The molecule has 24 heavy (non-hydrogen) atoms. The fourth-order valence-corrected chi connectivity index (χ4v) is 5.62. The largest absolute Gasteiger partial charge is 0.356 e. The molecule has 2 aliphatic rings. The predicted octanol–water partition coefficient (Wildman–Crippen LogP) is 2.06. The van der Waals surface area contributed by atoms with E-state index in [4.69, 9.17) is 0 Å². The van der Waals surface area contributed by atoms with Gasteiger partial charge in [0.15, 0.2) is 0 Å². The number of thiophene rings is 1. The minimum Gasteiger partial charge on any atom is -0.356 e. The first-order valence-electron chi connectivity index (χ1n) is 8.09. The van der Waals surface area contributed by atoms with E-state index < -0.39 is 10.0 Å². The number of sulfonamides is 1. The van der Waals surface area contributed by atoms with Crippen molar-refractivity contribution >= 4 is 27.3 Å². The maximum atomic E-state index is 12.9. The molecule has 4 rings (SSSR count). The molecule has 128 valence electrons. The van der Waals surface area contributed by atoms with E-state index >= 15 is 0 Å². The van der Waals surface area contributed by atoms with Gasteiger partial charge in [0.2, 0.25) is 10.0 Å². The standard InChI is InChI=1S/C16H19N3O3S2/c20-16(18-5-1-2-6-18)14-9-13(10-17-14)24(21,22)19-7-3-15-12(11-19)4-8-23-15/h4,8-10,17H,1-3,5-7,11H2. The third-order valence-electron chi connectivity index (χ3n) is 4.69. The SMILES string of the molecule is O=C(c1cc(S(=O)(=O)N2CCc3sccc3C2)c[nH]1)N1CCCC1. The Kier molecular flexibility index (Phi) is 3.98. The highest BCUT2D eigenvalue weighted by Crippen LogP contribution is 2.28. The van der Waals surface area contributed by atoms with E-state index in [1.165, 1.54) is 21.4 Å². The predicted molar refractivity (Wildman–Crippen MR) is 91.5 cm³/mol. The molecule has 1 saturated heterocycles. The molecule has 0 aromatic carbocycles. The Hall–Kier alpha value is -1.64. The zero-order valence-electron chi connectivity index (χ0n) is 13.2. The van der Waals surface area contributed by atoms with Gasteiger partial charge in [-0.25, -0.2) is 8.42 Å². The zero-order valence-corrected chi connectivity index (χ0v) is 14.8. The van der Waals surface area contributed by atoms with Crippen LogP contribution in [0.1, 0.15) is 33.8 Å². The monoisotopic (exact) mass is 365 g/mol. The van der Waals surface area contributed by atoms with Gasteiger partial charge in [-0.05, 0) is 42.3 Å². The third kappa shape index (κ3) is 2.68. The van der Waals surface area contributed by atoms with Crippen molar-refractivity contribution in [3.8, 4) is 0 Å². The summed E-state index contributed by atoms with van der Waals surface area (Å²) in [5, 5.41) is 2.00. The molecule has 1 N–H and O–H groups in total. The molecule has 0 spiro atoms. The van der Waals surface area contributed by atoms with Gasteiger partial charge in [0.05, 0.1) is 0 Å². The molecule has 2 aliphatic heterocycles. The van der Waals surface area contributed by atoms with Gasteiger partial charge in [-0.15, -0.1) is 11.3 Å². The summed E-state index contributed by atoms with van der Waals surface area (Å²) in [5.74, 6) is -0.118. The number of fused-ring (bicyclic) bond motifs is 1. The molecule has 0 unspecified atom stereocenters. The van der Waals surface area contributed by atoms with Crippen LogP contribution in [0, 0.1) is 0 Å². The van der Waals surface area contributed by atoms with Crippen LogP contribution in [0.3, 0.4) is 0 Å². The summed E-state index contributed by atoms with van der Waals surface area (Å²) in [6.07, 6.45) is 4.20. The van der Waals surface area contributed by atoms with Crippen LogP contribution in [-0.2, 0) is 23.0 Å². The summed E-state index contributed by atoms with van der Waals surface area (Å²) < 4.78 is 27.2. The van der Waals surface area contributed by atoms with Gasteiger partial charge in [-0.1, -0.05) is 0 Å². The first-order chi connectivity index (χ1) is 11.6. The molecule has 0 bridgehead atoms. The molecular formula is C16H19N3O3S2. The number of likely N-dealkylation sites (tertiary alicyclic amines) is 1. The van der Waals surface area contributed by atoms with E-state index in [2.05, 4.69) is 4.98 Å². The van der Waals surface area contributed by atoms with Crippen molar-refractivity contribution in [2.45, 2.75) is 30.7 Å². The second kappa shape index (κ2) is 6.02. The van der Waals surface area contributed by atoms with Gasteiger partial charge in [0, 0.05) is 37.3 Å². The average Bonchev–Trinajstić information content (AvgIpc) is 3.34. The van der Waals surface area contributed by atoms with Gasteiger partial charge in [0.1, 0.15) is 10.6 Å². The van der Waals surface area contributed by atoms with E-state index in [1.807, 2.05) is 11.4 Å². The molecule has 0 saturated carbocycles. The lowest BCUT2D eigenvalue weighted by Crippen LogP contribution is -2.35. The number of nitrogens with one attached hydrogen (secondary N) is 1. The maximum Gasteiger partial charge on any atom is 0.270 e. The van der Waals surface area contributed by atoms with Crippen molar-refractivity contribution in [1.29, 1.82) is 0 Å². The topological polar surface area (TPSA) is 73.5 Å². The number of aromatic amines is 1. The highest BCUT2D eigenvalue weighted by Gasteiger charge is 2.30. The number of hydrogen-bond donors (Lipinski definition) is 1. The Bertz CT molecular complexity index is 863. The first-order valence-corrected chi connectivity index (χ1v) is 10.4. The molecule has 0 atom stereocenters. The molecule has 8 heteroatoms. The van der Waals surface area contributed by atoms with Gasteiger partial charge in [-0.3, -0.25) is 4.79 Å². The lowest BCUT2D eigenvalue weighted by Gasteiger charge is -2.25. The van der Waals surface area contributed by atoms with Crippen LogP contribution in [-0.4, -0.2) is 48.1 Å². The van der Waals surface area contributed by atoms with Crippen molar-refractivity contribution in [3.63, 3.8) is 0 Å². The third-order valence-corrected chi connectivity index (χ3v) is 7.54. The van der Waals surface area contributed by atoms with Gasteiger partial charge >= 0.3 is 0 Å². The second-order valence-electron chi connectivity index (χ2n) is 6.21. The van der Waals surface area contributed by atoms with Gasteiger partial charge in [-0.2, -0.15) is 4.31 Å². The molecular weight excluding hydrogens is 346 g/mol. The summed E-state index contributed by atoms with van der Waals surface area (Å²) in [6, 6.07) is 3.46. The number of rotatable bonds is 3. The Morgan fingerprint density at radius 3 is 2.79 bits per heavy atom. The normalized spacial score (nSPS) is 18.8. The van der Waals surface area contributed by atoms with Gasteiger partial charge < -0.3 is 9.88 Å². The number of H-pyrrole nitrogens is 1. The lowest BCUT2D eigenvalue weighted by atomic mass is 10.1. The summed E-state index contributed by atoms with van der Waals surface area (Å²) in [6.45, 7) is 2.37. The van der Waals surface area contributed by atoms with Crippen LogP contribution >= 0.6 is 11.3 Å². The number of aromatic nitrogens is 1. The summed E-state index contributed by atoms with van der Waals surface area (Å²) >= 11 is 1.68. The molecule has 1 fully saturated rings. The number of hydrogen-bond acceptors (Lipinski definition) is 4. The molecule has 2 aromatic heterocycles. The van der Waals surface area contributed by atoms with Gasteiger partial charge in [0.25, 0.3) is 5.91 Å². The van der Waals surface area contributed by atoms with E-state index in [-0.39, 0.29) is 10.8 Å². The van der Waals surface area contributed by atoms with Crippen LogP contribution in [0.2, 0.25) is 0 Å². The van der Waals surface area contributed by atoms with E-state index in [1.54, 1.807) is 16.2 Å². The van der Waals surface area contributed by atoms with Crippen molar-refractivity contribution in [2.24, 2.45) is 0 Å². The minimum absolute atomic E-state index is 0.118. The molecule has 0 radical (unpaired) electrons. The number of nitrogens with zero attached hydrogens (tertiary/aromatic N) is 2. The minimum atomic E-state index is -3.58. The molecule has 2 aromatic rings. The highest BCUT2D eigenvalue weighted by molar-refractivity contribution is 7.89. The van der Waals surface area contributed by atoms with Crippen molar-refractivity contribution in [3.05, 3.63) is 39.8 Å². The van der Waals surface area contributed by atoms with Crippen molar-refractivity contribution in [2.75, 3.05) is 19.6 Å². The van der Waals surface area contributed by atoms with Crippen LogP contribution in [0.4, 0.5) is 0 Å². The zero-order chi connectivity index (χ0) is 16.7. The van der Waals surface area contributed by atoms with Crippen LogP contribution in [0.25, 0.3) is 0 Å². The lowest BCUT2D eigenvalue weighted by molar-refractivity contribution is 0.0787. The van der Waals surface area contributed by atoms with Crippen LogP contribution in [0.5, 0.6) is 0 Å². The molecule has 4 heterocycles. The Morgan fingerprint density at radius 2 is 2.00 bits per heavy atom. The second-order valence-corrected chi connectivity index (χ2v) is 9.14. The average molecular weight is 365 g/mol. The van der Waals surface area contributed by atoms with Crippen LogP contribution < -0.4 is 0 Å². The molecule has 1 amide bonds. The summed E-state index contributed by atoms with van der Waals surface area (Å²) in [7, 11) is -3.58. The summed E-state index contributed by atoms with van der Waals surface area (Å²) in [5.41, 5.74) is 1.43. The van der Waals surface area contributed by atoms with E-state index in [9.17, 15) is 13.2 Å². The Labute approximate surface area is 145 Å². The fraction of sp³-hybridized carbons (Fsp3) is 0.438. The Morgan fingerprint density at radius 1 is 1.21 bits per heavy atom. The molecule has 0 aliphatic carbocycles. The van der Waals surface area contributed by atoms with E-state index in [0.717, 1.165) is 37.9 Å². The fourth-order valence-electron chi connectivity index (χ4n) is 3.31. The van der Waals surface area contributed by atoms with Crippen molar-refractivity contribution < 1.29 is 13.2 Å². The number of carbonyl (C=O) groups is 1. The smallest absolute Gasteiger partial charge is 0.270 e. The van der Waals surface area contributed by atoms with Crippen LogP contribution in [0.15, 0.2) is 28.6 Å². The van der Waals surface area contributed by atoms with Crippen molar-refractivity contribution in [1.82, 2.24) is 14.2 Å². The van der Waals surface area contributed by atoms with E-state index in [0.29, 0.717) is 18.8 Å². The first kappa shape index (κ1) is 15.9. The summed E-state index contributed by atoms with van der Waals surface area (Å²) in [4.78, 5) is 18.4. The number of carbonyl (C=O) groups excluding carboxylic acids is 1. The number of amides is 1. The Balaban J connectivity index is 1.56. The maximum absolute atomic E-state index is 12.9. The highest BCUT2D eigenvalue weighted by atomic mass is 32.2. The quantitative estimate of drug-likeness (QED) is 0.905.